The van der Waals surface area contributed by atoms with E-state index in [1.165, 1.54) is 14.2 Å². The molecule has 0 saturated heterocycles. The van der Waals surface area contributed by atoms with Crippen LogP contribution < -0.4 is 0 Å². The smallest absolute Gasteiger partial charge is 0.376 e. The number of aromatic nitrogens is 1. The van der Waals surface area contributed by atoms with Crippen molar-refractivity contribution in [1.29, 1.82) is 0 Å². The van der Waals surface area contributed by atoms with Gasteiger partial charge in [0.05, 0.1) is 14.2 Å². The van der Waals surface area contributed by atoms with Crippen molar-refractivity contribution in [3.8, 4) is 0 Å². The molecule has 1 heterocycles. The van der Waals surface area contributed by atoms with E-state index in [-0.39, 0.29) is 17.4 Å². The summed E-state index contributed by atoms with van der Waals surface area (Å²) in [7, 11) is 2.43. The van der Waals surface area contributed by atoms with Crippen LogP contribution in [-0.4, -0.2) is 31.1 Å². The highest BCUT2D eigenvalue weighted by atomic mass is 16.5. The fourth-order valence-corrected chi connectivity index (χ4v) is 1.31. The van der Waals surface area contributed by atoms with E-state index in [4.69, 9.17) is 4.42 Å². The van der Waals surface area contributed by atoms with Crippen LogP contribution in [-0.2, 0) is 9.47 Å². The number of rotatable bonds is 3. The minimum atomic E-state index is -0.722. The van der Waals surface area contributed by atoms with E-state index in [0.29, 0.717) is 5.89 Å². The number of oxazole rings is 1. The van der Waals surface area contributed by atoms with E-state index in [9.17, 15) is 9.59 Å². The van der Waals surface area contributed by atoms with Gasteiger partial charge in [-0.2, -0.15) is 0 Å². The molecule has 0 spiro atoms. The SMILES string of the molecule is COC(=O)c1nc(C2CC2)oc1C(=O)OC. The lowest BCUT2D eigenvalue weighted by Gasteiger charge is -1.96. The van der Waals surface area contributed by atoms with Gasteiger partial charge in [0.25, 0.3) is 0 Å². The zero-order valence-corrected chi connectivity index (χ0v) is 8.98. The van der Waals surface area contributed by atoms with Gasteiger partial charge in [0.2, 0.25) is 11.5 Å². The molecule has 1 fully saturated rings. The van der Waals surface area contributed by atoms with Crippen molar-refractivity contribution in [2.45, 2.75) is 18.8 Å². The summed E-state index contributed by atoms with van der Waals surface area (Å²) in [4.78, 5) is 26.7. The molecule has 1 aliphatic carbocycles. The highest BCUT2D eigenvalue weighted by Gasteiger charge is 2.34. The normalized spacial score (nSPS) is 14.6. The monoisotopic (exact) mass is 225 g/mol. The molecule has 1 aromatic heterocycles. The van der Waals surface area contributed by atoms with Gasteiger partial charge in [-0.15, -0.1) is 0 Å². The molecule has 0 aliphatic heterocycles. The maximum absolute atomic E-state index is 11.4. The Morgan fingerprint density at radius 2 is 1.88 bits per heavy atom. The lowest BCUT2D eigenvalue weighted by molar-refractivity contribution is 0.0525. The Labute approximate surface area is 91.5 Å². The van der Waals surface area contributed by atoms with Crippen LogP contribution in [0.4, 0.5) is 0 Å². The standard InChI is InChI=1S/C10H11NO5/c1-14-9(12)6-7(10(13)15-2)16-8(11-6)5-3-4-5/h5H,3-4H2,1-2H3. The summed E-state index contributed by atoms with van der Waals surface area (Å²) in [5, 5.41) is 0. The fraction of sp³-hybridized carbons (Fsp3) is 0.500. The van der Waals surface area contributed by atoms with Gasteiger partial charge in [-0.05, 0) is 12.8 Å². The maximum Gasteiger partial charge on any atom is 0.376 e. The molecule has 16 heavy (non-hydrogen) atoms. The Morgan fingerprint density at radius 1 is 1.25 bits per heavy atom. The van der Waals surface area contributed by atoms with Crippen LogP contribution in [0.15, 0.2) is 4.42 Å². The molecule has 86 valence electrons. The van der Waals surface area contributed by atoms with Crippen LogP contribution in [0, 0.1) is 0 Å². The Morgan fingerprint density at radius 3 is 2.38 bits per heavy atom. The van der Waals surface area contributed by atoms with Crippen molar-refractivity contribution in [2.75, 3.05) is 14.2 Å². The van der Waals surface area contributed by atoms with Gasteiger partial charge in [-0.1, -0.05) is 0 Å². The van der Waals surface area contributed by atoms with Crippen LogP contribution in [0.3, 0.4) is 0 Å². The zero-order valence-electron chi connectivity index (χ0n) is 8.98. The molecular weight excluding hydrogens is 214 g/mol. The van der Waals surface area contributed by atoms with Crippen molar-refractivity contribution in [3.63, 3.8) is 0 Å². The van der Waals surface area contributed by atoms with Crippen molar-refractivity contribution in [2.24, 2.45) is 0 Å². The molecule has 1 aromatic rings. The van der Waals surface area contributed by atoms with Gasteiger partial charge in [0.1, 0.15) is 0 Å². The zero-order chi connectivity index (χ0) is 11.7. The summed E-state index contributed by atoms with van der Waals surface area (Å²) in [5.74, 6) is -0.991. The first-order chi connectivity index (χ1) is 7.67. The molecule has 0 amide bonds. The number of hydrogen-bond acceptors (Lipinski definition) is 6. The Bertz CT molecular complexity index is 399. The van der Waals surface area contributed by atoms with Gasteiger partial charge in [-0.25, -0.2) is 14.6 Å². The number of carbonyl (C=O) groups excluding carboxylic acids is 2. The summed E-state index contributed by atoms with van der Waals surface area (Å²) in [5.41, 5.74) is -0.115. The van der Waals surface area contributed by atoms with E-state index in [1.807, 2.05) is 0 Å². The Kier molecular flexibility index (Phi) is 2.64. The second kappa shape index (κ2) is 3.96. The highest BCUT2D eigenvalue weighted by Crippen LogP contribution is 2.40. The number of carbonyl (C=O) groups is 2. The first-order valence-corrected chi connectivity index (χ1v) is 4.84. The van der Waals surface area contributed by atoms with Gasteiger partial charge in [-0.3, -0.25) is 0 Å². The summed E-state index contributed by atoms with van der Waals surface area (Å²) < 4.78 is 14.2. The predicted octanol–water partition coefficient (Wildman–Crippen LogP) is 1.13. The third-order valence-electron chi connectivity index (χ3n) is 2.32. The Balaban J connectivity index is 2.38. The molecule has 0 unspecified atom stereocenters. The second-order valence-electron chi connectivity index (χ2n) is 3.49. The molecule has 0 atom stereocenters. The number of esters is 2. The van der Waals surface area contributed by atoms with Crippen molar-refractivity contribution < 1.29 is 23.5 Å². The lowest BCUT2D eigenvalue weighted by atomic mass is 10.3. The van der Waals surface area contributed by atoms with Gasteiger partial charge in [0, 0.05) is 5.92 Å². The van der Waals surface area contributed by atoms with Crippen LogP contribution in [0.5, 0.6) is 0 Å². The van der Waals surface area contributed by atoms with E-state index in [1.54, 1.807) is 0 Å². The number of ether oxygens (including phenoxy) is 2. The van der Waals surface area contributed by atoms with Crippen molar-refractivity contribution in [1.82, 2.24) is 4.98 Å². The summed E-state index contributed by atoms with van der Waals surface area (Å²) in [6, 6.07) is 0. The summed E-state index contributed by atoms with van der Waals surface area (Å²) in [6.07, 6.45) is 1.92. The maximum atomic E-state index is 11.4. The van der Waals surface area contributed by atoms with Crippen LogP contribution in [0.1, 0.15) is 45.7 Å². The third kappa shape index (κ3) is 1.78. The van der Waals surface area contributed by atoms with E-state index < -0.39 is 11.9 Å². The molecule has 2 rings (SSSR count). The van der Waals surface area contributed by atoms with Gasteiger partial charge < -0.3 is 13.9 Å². The van der Waals surface area contributed by atoms with Crippen LogP contribution >= 0.6 is 0 Å². The minimum Gasteiger partial charge on any atom is -0.464 e. The lowest BCUT2D eigenvalue weighted by Crippen LogP contribution is -2.10. The van der Waals surface area contributed by atoms with E-state index in [2.05, 4.69) is 14.5 Å². The summed E-state index contributed by atoms with van der Waals surface area (Å²) >= 11 is 0. The fourth-order valence-electron chi connectivity index (χ4n) is 1.31. The number of methoxy groups -OCH3 is 2. The molecule has 1 saturated carbocycles. The molecule has 0 bridgehead atoms. The third-order valence-corrected chi connectivity index (χ3v) is 2.32. The second-order valence-corrected chi connectivity index (χ2v) is 3.49. The number of nitrogens with zero attached hydrogens (tertiary/aromatic N) is 1. The first-order valence-electron chi connectivity index (χ1n) is 4.84. The highest BCUT2D eigenvalue weighted by molar-refractivity contribution is 5.99. The predicted molar refractivity (Wildman–Crippen MR) is 51.2 cm³/mol. The average Bonchev–Trinajstić information content (AvgIpc) is 3.06. The largest absolute Gasteiger partial charge is 0.464 e. The molecule has 6 heteroatoms. The molecule has 0 radical (unpaired) electrons. The number of hydrogen-bond donors (Lipinski definition) is 0. The molecular formula is C10H11NO5. The van der Waals surface area contributed by atoms with E-state index >= 15 is 0 Å². The molecule has 0 N–H and O–H groups in total. The van der Waals surface area contributed by atoms with Gasteiger partial charge >= 0.3 is 11.9 Å². The Hall–Kier alpha value is -1.85. The minimum absolute atomic E-state index is 0.115. The average molecular weight is 225 g/mol. The van der Waals surface area contributed by atoms with Crippen molar-refractivity contribution >= 4 is 11.9 Å². The quantitative estimate of drug-likeness (QED) is 0.717. The van der Waals surface area contributed by atoms with E-state index in [0.717, 1.165) is 12.8 Å². The van der Waals surface area contributed by atoms with Gasteiger partial charge in [0.15, 0.2) is 5.89 Å². The molecule has 0 aromatic carbocycles. The van der Waals surface area contributed by atoms with Crippen LogP contribution in [0.2, 0.25) is 0 Å². The van der Waals surface area contributed by atoms with Crippen LogP contribution in [0.25, 0.3) is 0 Å². The first kappa shape index (κ1) is 10.7. The summed E-state index contributed by atoms with van der Waals surface area (Å²) in [6.45, 7) is 0. The topological polar surface area (TPSA) is 78.6 Å². The molecule has 6 nitrogen and oxygen atoms in total. The molecule has 1 aliphatic rings. The van der Waals surface area contributed by atoms with Crippen molar-refractivity contribution in [3.05, 3.63) is 17.3 Å².